The van der Waals surface area contributed by atoms with Gasteiger partial charge in [-0.15, -0.1) is 0 Å². The number of hydrogen-bond donors (Lipinski definition) is 1. The van der Waals surface area contributed by atoms with Gasteiger partial charge < -0.3 is 10.0 Å². The highest BCUT2D eigenvalue weighted by atomic mass is 35.5. The van der Waals surface area contributed by atoms with Crippen molar-refractivity contribution in [3.8, 4) is 0 Å². The number of aliphatic hydroxyl groups excluding tert-OH is 1. The molecular formula is C16H13ClN2O. The van der Waals surface area contributed by atoms with Crippen LogP contribution >= 0.6 is 11.6 Å². The maximum absolute atomic E-state index is 10.4. The maximum Gasteiger partial charge on any atom is 0.155 e. The third-order valence-electron chi connectivity index (χ3n) is 3.93. The number of nitrogens with zero attached hydrogens (tertiary/aromatic N) is 2. The van der Waals surface area contributed by atoms with E-state index in [-0.39, 0.29) is 6.04 Å². The number of halogens is 1. The Kier molecular flexibility index (Phi) is 2.59. The largest absolute Gasteiger partial charge is 0.369 e. The smallest absolute Gasteiger partial charge is 0.155 e. The lowest BCUT2D eigenvalue weighted by Crippen LogP contribution is -2.26. The fraction of sp³-hybridized carbons (Fsp3) is 0.188. The third kappa shape index (κ3) is 1.67. The first-order valence-electron chi connectivity index (χ1n) is 6.61. The molecule has 0 aliphatic carbocycles. The second-order valence-electron chi connectivity index (χ2n) is 5.14. The zero-order chi connectivity index (χ0) is 13.7. The van der Waals surface area contributed by atoms with Gasteiger partial charge in [-0.3, -0.25) is 4.99 Å². The Morgan fingerprint density at radius 3 is 2.85 bits per heavy atom. The molecule has 0 bridgehead atoms. The van der Waals surface area contributed by atoms with Crippen molar-refractivity contribution in [3.05, 3.63) is 70.2 Å². The van der Waals surface area contributed by atoms with E-state index < -0.39 is 6.23 Å². The topological polar surface area (TPSA) is 35.8 Å². The zero-order valence-electron chi connectivity index (χ0n) is 10.7. The summed E-state index contributed by atoms with van der Waals surface area (Å²) in [6, 6.07) is 15.7. The second-order valence-corrected chi connectivity index (χ2v) is 5.57. The molecule has 2 aliphatic rings. The van der Waals surface area contributed by atoms with E-state index in [0.29, 0.717) is 6.54 Å². The van der Waals surface area contributed by atoms with Crippen LogP contribution in [0.25, 0.3) is 0 Å². The van der Waals surface area contributed by atoms with E-state index in [1.54, 1.807) is 0 Å². The molecule has 4 rings (SSSR count). The highest BCUT2D eigenvalue weighted by Crippen LogP contribution is 2.39. The Morgan fingerprint density at radius 2 is 2.00 bits per heavy atom. The van der Waals surface area contributed by atoms with Gasteiger partial charge in [0.05, 0.1) is 6.04 Å². The molecular weight excluding hydrogens is 272 g/mol. The SMILES string of the molecule is OC1c2ccccc2C2=NC(c3cccc(Cl)c3)CN21. The summed E-state index contributed by atoms with van der Waals surface area (Å²) in [6.45, 7) is 0.686. The summed E-state index contributed by atoms with van der Waals surface area (Å²) in [7, 11) is 0. The Morgan fingerprint density at radius 1 is 1.15 bits per heavy atom. The van der Waals surface area contributed by atoms with Gasteiger partial charge in [-0.25, -0.2) is 0 Å². The quantitative estimate of drug-likeness (QED) is 0.873. The monoisotopic (exact) mass is 284 g/mol. The fourth-order valence-electron chi connectivity index (χ4n) is 2.96. The predicted octanol–water partition coefficient (Wildman–Crippen LogP) is 3.15. The van der Waals surface area contributed by atoms with E-state index in [1.165, 1.54) is 0 Å². The van der Waals surface area contributed by atoms with Crippen LogP contribution in [-0.4, -0.2) is 22.4 Å². The molecule has 2 aliphatic heterocycles. The lowest BCUT2D eigenvalue weighted by molar-refractivity contribution is 0.0646. The minimum absolute atomic E-state index is 0.0340. The first-order chi connectivity index (χ1) is 9.74. The molecule has 3 nitrogen and oxygen atoms in total. The molecule has 2 atom stereocenters. The maximum atomic E-state index is 10.4. The van der Waals surface area contributed by atoms with Crippen molar-refractivity contribution in [1.29, 1.82) is 0 Å². The summed E-state index contributed by atoms with van der Waals surface area (Å²) in [5.74, 6) is 0.887. The van der Waals surface area contributed by atoms with E-state index in [4.69, 9.17) is 16.6 Å². The summed E-state index contributed by atoms with van der Waals surface area (Å²) in [5.41, 5.74) is 3.06. The van der Waals surface area contributed by atoms with Crippen molar-refractivity contribution in [2.24, 2.45) is 4.99 Å². The molecule has 1 N–H and O–H groups in total. The van der Waals surface area contributed by atoms with E-state index in [9.17, 15) is 5.11 Å². The van der Waals surface area contributed by atoms with E-state index in [0.717, 1.165) is 27.5 Å². The van der Waals surface area contributed by atoms with Crippen LogP contribution in [-0.2, 0) is 0 Å². The second kappa shape index (κ2) is 4.33. The lowest BCUT2D eigenvalue weighted by atomic mass is 10.1. The average molecular weight is 285 g/mol. The first kappa shape index (κ1) is 11.9. The van der Waals surface area contributed by atoms with Gasteiger partial charge in [-0.1, -0.05) is 48.0 Å². The van der Waals surface area contributed by atoms with Crippen LogP contribution < -0.4 is 0 Å². The highest BCUT2D eigenvalue weighted by molar-refractivity contribution is 6.30. The Labute approximate surface area is 122 Å². The van der Waals surface area contributed by atoms with Gasteiger partial charge in [0, 0.05) is 22.7 Å². The summed E-state index contributed by atoms with van der Waals surface area (Å²) in [6.07, 6.45) is -0.589. The van der Waals surface area contributed by atoms with Gasteiger partial charge >= 0.3 is 0 Å². The van der Waals surface area contributed by atoms with Crippen LogP contribution in [0.5, 0.6) is 0 Å². The summed E-state index contributed by atoms with van der Waals surface area (Å²) >= 11 is 6.04. The number of aliphatic imine (C=N–C) groups is 1. The molecule has 2 unspecified atom stereocenters. The van der Waals surface area contributed by atoms with E-state index in [2.05, 4.69) is 0 Å². The molecule has 20 heavy (non-hydrogen) atoms. The predicted molar refractivity (Wildman–Crippen MR) is 78.8 cm³/mol. The number of benzene rings is 2. The van der Waals surface area contributed by atoms with Gasteiger partial charge in [0.15, 0.2) is 6.23 Å². The Balaban J connectivity index is 1.76. The van der Waals surface area contributed by atoms with Crippen molar-refractivity contribution in [2.45, 2.75) is 12.3 Å². The van der Waals surface area contributed by atoms with E-state index in [1.807, 2.05) is 53.4 Å². The van der Waals surface area contributed by atoms with Gasteiger partial charge in [0.25, 0.3) is 0 Å². The minimum atomic E-state index is -0.589. The van der Waals surface area contributed by atoms with Crippen LogP contribution in [0.1, 0.15) is 29.0 Å². The average Bonchev–Trinajstić information content (AvgIpc) is 3.00. The van der Waals surface area contributed by atoms with Crippen molar-refractivity contribution in [3.63, 3.8) is 0 Å². The number of amidine groups is 1. The van der Waals surface area contributed by atoms with Crippen molar-refractivity contribution < 1.29 is 5.11 Å². The Hall–Kier alpha value is -1.84. The molecule has 2 aromatic rings. The van der Waals surface area contributed by atoms with Gasteiger partial charge in [-0.2, -0.15) is 0 Å². The van der Waals surface area contributed by atoms with Crippen LogP contribution in [0.15, 0.2) is 53.5 Å². The van der Waals surface area contributed by atoms with Gasteiger partial charge in [-0.05, 0) is 17.7 Å². The van der Waals surface area contributed by atoms with Crippen molar-refractivity contribution in [2.75, 3.05) is 6.54 Å². The minimum Gasteiger partial charge on any atom is -0.369 e. The molecule has 0 saturated heterocycles. The molecule has 0 aromatic heterocycles. The Bertz CT molecular complexity index is 713. The standard InChI is InChI=1S/C16H13ClN2O/c17-11-5-3-4-10(8-11)14-9-19-15(18-14)12-6-1-2-7-13(12)16(19)20/h1-8,14,16,20H,9H2. The summed E-state index contributed by atoms with van der Waals surface area (Å²) in [5, 5.41) is 11.1. The third-order valence-corrected chi connectivity index (χ3v) is 4.16. The number of fused-ring (bicyclic) bond motifs is 3. The molecule has 0 radical (unpaired) electrons. The van der Waals surface area contributed by atoms with Crippen LogP contribution in [0.4, 0.5) is 0 Å². The highest BCUT2D eigenvalue weighted by Gasteiger charge is 2.39. The molecule has 100 valence electrons. The van der Waals surface area contributed by atoms with Crippen LogP contribution in [0.3, 0.4) is 0 Å². The summed E-state index contributed by atoms with van der Waals surface area (Å²) < 4.78 is 0. The van der Waals surface area contributed by atoms with Gasteiger partial charge in [0.2, 0.25) is 0 Å². The molecule has 0 saturated carbocycles. The number of hydrogen-bond acceptors (Lipinski definition) is 3. The van der Waals surface area contributed by atoms with Crippen molar-refractivity contribution in [1.82, 2.24) is 4.90 Å². The molecule has 2 heterocycles. The zero-order valence-corrected chi connectivity index (χ0v) is 11.5. The molecule has 0 spiro atoms. The lowest BCUT2D eigenvalue weighted by Gasteiger charge is -2.19. The van der Waals surface area contributed by atoms with Gasteiger partial charge in [0.1, 0.15) is 5.84 Å². The van der Waals surface area contributed by atoms with Crippen molar-refractivity contribution >= 4 is 17.4 Å². The molecule has 0 amide bonds. The number of rotatable bonds is 1. The fourth-order valence-corrected chi connectivity index (χ4v) is 3.16. The summed E-state index contributed by atoms with van der Waals surface area (Å²) in [4.78, 5) is 6.73. The first-order valence-corrected chi connectivity index (χ1v) is 6.99. The molecule has 4 heteroatoms. The normalized spacial score (nSPS) is 23.5. The number of aliphatic hydroxyl groups is 1. The molecule has 0 fully saturated rings. The van der Waals surface area contributed by atoms with Crippen LogP contribution in [0.2, 0.25) is 5.02 Å². The van der Waals surface area contributed by atoms with E-state index >= 15 is 0 Å². The van der Waals surface area contributed by atoms with Crippen LogP contribution in [0, 0.1) is 0 Å². The molecule has 2 aromatic carbocycles.